The van der Waals surface area contributed by atoms with E-state index in [2.05, 4.69) is 4.98 Å². The van der Waals surface area contributed by atoms with Crippen molar-refractivity contribution in [2.45, 2.75) is 19.9 Å². The highest BCUT2D eigenvalue weighted by atomic mass is 16.5. The predicted octanol–water partition coefficient (Wildman–Crippen LogP) is 0.871. The van der Waals surface area contributed by atoms with E-state index in [1.165, 1.54) is 6.39 Å². The molecule has 0 bridgehead atoms. The van der Waals surface area contributed by atoms with Gasteiger partial charge in [-0.25, -0.2) is 9.78 Å². The maximum Gasteiger partial charge on any atom is 0.360 e. The molecule has 1 aromatic heterocycles. The van der Waals surface area contributed by atoms with Crippen molar-refractivity contribution in [1.82, 2.24) is 4.98 Å². The Morgan fingerprint density at radius 3 is 3.08 bits per heavy atom. The van der Waals surface area contributed by atoms with Gasteiger partial charge in [0.15, 0.2) is 17.8 Å². The van der Waals surface area contributed by atoms with Crippen molar-refractivity contribution >= 4 is 5.97 Å². The molecule has 13 heavy (non-hydrogen) atoms. The lowest BCUT2D eigenvalue weighted by molar-refractivity contribution is 0.0517. The van der Waals surface area contributed by atoms with Crippen LogP contribution in [-0.2, 0) is 4.74 Å². The summed E-state index contributed by atoms with van der Waals surface area (Å²) in [4.78, 5) is 15.0. The fourth-order valence-corrected chi connectivity index (χ4v) is 0.931. The number of hydrogen-bond donors (Lipinski definition) is 1. The van der Waals surface area contributed by atoms with Crippen molar-refractivity contribution < 1.29 is 13.9 Å². The summed E-state index contributed by atoms with van der Waals surface area (Å²) in [5.74, 6) is -0.137. The van der Waals surface area contributed by atoms with Gasteiger partial charge in [0.25, 0.3) is 0 Å². The van der Waals surface area contributed by atoms with Crippen LogP contribution >= 0.6 is 0 Å². The smallest absolute Gasteiger partial charge is 0.360 e. The van der Waals surface area contributed by atoms with Crippen LogP contribution in [0.3, 0.4) is 0 Å². The van der Waals surface area contributed by atoms with E-state index in [1.807, 2.05) is 0 Å². The van der Waals surface area contributed by atoms with Gasteiger partial charge < -0.3 is 14.9 Å². The molecule has 1 unspecified atom stereocenters. The van der Waals surface area contributed by atoms with E-state index in [0.29, 0.717) is 12.4 Å². The van der Waals surface area contributed by atoms with E-state index >= 15 is 0 Å². The molecule has 1 heterocycles. The number of esters is 1. The van der Waals surface area contributed by atoms with Crippen molar-refractivity contribution in [3.05, 3.63) is 17.8 Å². The minimum Gasteiger partial charge on any atom is -0.461 e. The summed E-state index contributed by atoms with van der Waals surface area (Å²) < 4.78 is 9.72. The Hall–Kier alpha value is -1.36. The van der Waals surface area contributed by atoms with Crippen LogP contribution in [0.25, 0.3) is 0 Å². The van der Waals surface area contributed by atoms with E-state index < -0.39 is 5.97 Å². The number of nitrogens with two attached hydrogens (primary N) is 1. The minimum atomic E-state index is -0.497. The summed E-state index contributed by atoms with van der Waals surface area (Å²) in [6.07, 6.45) is 1.19. The third kappa shape index (κ3) is 2.06. The Bertz CT molecular complexity index is 293. The van der Waals surface area contributed by atoms with Crippen LogP contribution < -0.4 is 5.73 Å². The van der Waals surface area contributed by atoms with Gasteiger partial charge in [-0.05, 0) is 13.8 Å². The van der Waals surface area contributed by atoms with Gasteiger partial charge >= 0.3 is 5.97 Å². The lowest BCUT2D eigenvalue weighted by atomic mass is 10.2. The van der Waals surface area contributed by atoms with E-state index in [9.17, 15) is 4.79 Å². The second-order valence-corrected chi connectivity index (χ2v) is 2.57. The molecule has 0 aliphatic rings. The zero-order chi connectivity index (χ0) is 9.84. The number of rotatable bonds is 3. The van der Waals surface area contributed by atoms with Crippen LogP contribution in [-0.4, -0.2) is 17.6 Å². The number of nitrogens with zero attached hydrogens (tertiary/aromatic N) is 1. The molecule has 5 nitrogen and oxygen atoms in total. The highest BCUT2D eigenvalue weighted by Gasteiger charge is 2.19. The van der Waals surface area contributed by atoms with E-state index in [4.69, 9.17) is 14.9 Å². The minimum absolute atomic E-state index is 0.164. The molecule has 0 saturated carbocycles. The van der Waals surface area contributed by atoms with E-state index in [-0.39, 0.29) is 11.7 Å². The molecule has 0 aliphatic heterocycles. The van der Waals surface area contributed by atoms with Gasteiger partial charge in [-0.3, -0.25) is 0 Å². The molecule has 1 atom stereocenters. The predicted molar refractivity (Wildman–Crippen MR) is 45.1 cm³/mol. The van der Waals surface area contributed by atoms with Crippen LogP contribution in [0.15, 0.2) is 10.8 Å². The number of carbonyl (C=O) groups excluding carboxylic acids is 1. The highest BCUT2D eigenvalue weighted by Crippen LogP contribution is 2.14. The lowest BCUT2D eigenvalue weighted by Crippen LogP contribution is -2.12. The average Bonchev–Trinajstić information content (AvgIpc) is 2.52. The number of hydrogen-bond acceptors (Lipinski definition) is 5. The first kappa shape index (κ1) is 9.73. The summed E-state index contributed by atoms with van der Waals surface area (Å²) >= 11 is 0. The van der Waals surface area contributed by atoms with Gasteiger partial charge in [0.1, 0.15) is 0 Å². The van der Waals surface area contributed by atoms with Gasteiger partial charge in [0.2, 0.25) is 0 Å². The zero-order valence-electron chi connectivity index (χ0n) is 7.61. The van der Waals surface area contributed by atoms with Crippen LogP contribution in [0.5, 0.6) is 0 Å². The van der Waals surface area contributed by atoms with Gasteiger partial charge in [-0.2, -0.15) is 0 Å². The summed E-state index contributed by atoms with van der Waals surface area (Å²) in [5, 5.41) is 0. The Balaban J connectivity index is 2.87. The first-order valence-corrected chi connectivity index (χ1v) is 4.03. The largest absolute Gasteiger partial charge is 0.461 e. The normalized spacial score (nSPS) is 12.5. The Kier molecular flexibility index (Phi) is 3.02. The number of aromatic nitrogens is 1. The summed E-state index contributed by atoms with van der Waals surface area (Å²) in [7, 11) is 0. The summed E-state index contributed by atoms with van der Waals surface area (Å²) in [5.41, 5.74) is 5.72. The number of ether oxygens (including phenoxy) is 1. The van der Waals surface area contributed by atoms with Crippen LogP contribution in [0, 0.1) is 0 Å². The second kappa shape index (κ2) is 4.04. The van der Waals surface area contributed by atoms with Crippen molar-refractivity contribution in [3.63, 3.8) is 0 Å². The van der Waals surface area contributed by atoms with Crippen molar-refractivity contribution in [2.75, 3.05) is 6.61 Å². The quantitative estimate of drug-likeness (QED) is 0.705. The molecule has 0 fully saturated rings. The standard InChI is InChI=1S/C8H12N2O3/c1-3-12-8(11)6-7(5(2)9)13-4-10-6/h4-5H,3,9H2,1-2H3. The summed E-state index contributed by atoms with van der Waals surface area (Å²) in [6.45, 7) is 3.75. The van der Waals surface area contributed by atoms with Gasteiger partial charge in [0, 0.05) is 0 Å². The fourth-order valence-electron chi connectivity index (χ4n) is 0.931. The molecule has 0 radical (unpaired) electrons. The van der Waals surface area contributed by atoms with Crippen molar-refractivity contribution in [3.8, 4) is 0 Å². The Morgan fingerprint density at radius 2 is 2.54 bits per heavy atom. The molecule has 0 aliphatic carbocycles. The number of oxazole rings is 1. The molecule has 0 amide bonds. The highest BCUT2D eigenvalue weighted by molar-refractivity contribution is 5.88. The van der Waals surface area contributed by atoms with Crippen LogP contribution in [0.1, 0.15) is 36.1 Å². The van der Waals surface area contributed by atoms with Crippen LogP contribution in [0.4, 0.5) is 0 Å². The van der Waals surface area contributed by atoms with E-state index in [1.54, 1.807) is 13.8 Å². The SMILES string of the molecule is CCOC(=O)c1ncoc1C(C)N. The third-order valence-electron chi connectivity index (χ3n) is 1.48. The van der Waals surface area contributed by atoms with Crippen molar-refractivity contribution in [1.29, 1.82) is 0 Å². The molecule has 5 heteroatoms. The van der Waals surface area contributed by atoms with Crippen LogP contribution in [0.2, 0.25) is 0 Å². The average molecular weight is 184 g/mol. The molecule has 72 valence electrons. The molecule has 1 aromatic rings. The summed E-state index contributed by atoms with van der Waals surface area (Å²) in [6, 6.07) is -0.359. The van der Waals surface area contributed by atoms with Gasteiger partial charge in [-0.1, -0.05) is 0 Å². The maximum absolute atomic E-state index is 11.2. The first-order chi connectivity index (χ1) is 6.16. The molecule has 1 rings (SSSR count). The first-order valence-electron chi connectivity index (χ1n) is 4.03. The zero-order valence-corrected chi connectivity index (χ0v) is 7.61. The number of carbonyl (C=O) groups is 1. The fraction of sp³-hybridized carbons (Fsp3) is 0.500. The van der Waals surface area contributed by atoms with Gasteiger partial charge in [-0.15, -0.1) is 0 Å². The van der Waals surface area contributed by atoms with Gasteiger partial charge in [0.05, 0.1) is 12.6 Å². The lowest BCUT2D eigenvalue weighted by Gasteiger charge is -2.02. The molecule has 2 N–H and O–H groups in total. The molecular formula is C8H12N2O3. The Labute approximate surface area is 75.9 Å². The van der Waals surface area contributed by atoms with Crippen molar-refractivity contribution in [2.24, 2.45) is 5.73 Å². The molecule has 0 aromatic carbocycles. The maximum atomic E-state index is 11.2. The molecular weight excluding hydrogens is 172 g/mol. The second-order valence-electron chi connectivity index (χ2n) is 2.57. The topological polar surface area (TPSA) is 78.3 Å². The monoisotopic (exact) mass is 184 g/mol. The Morgan fingerprint density at radius 1 is 1.85 bits per heavy atom. The molecule has 0 saturated heterocycles. The third-order valence-corrected chi connectivity index (χ3v) is 1.48. The molecule has 0 spiro atoms. The van der Waals surface area contributed by atoms with E-state index in [0.717, 1.165) is 0 Å².